The molecule has 2 atom stereocenters. The zero-order chi connectivity index (χ0) is 34.0. The van der Waals surface area contributed by atoms with Crippen LogP contribution in [0.2, 0.25) is 0 Å². The van der Waals surface area contributed by atoms with Gasteiger partial charge in [0.1, 0.15) is 5.76 Å². The van der Waals surface area contributed by atoms with Gasteiger partial charge in [0.05, 0.1) is 21.8 Å². The summed E-state index contributed by atoms with van der Waals surface area (Å²) < 4.78 is 66.5. The average molecular weight is 675 g/mol. The summed E-state index contributed by atoms with van der Waals surface area (Å²) in [5.41, 5.74) is 2.66. The smallest absolute Gasteiger partial charge is 0.303 e. The van der Waals surface area contributed by atoms with Crippen molar-refractivity contribution in [1.29, 1.82) is 0 Å². The lowest BCUT2D eigenvalue weighted by Gasteiger charge is -2.36. The molecule has 0 saturated carbocycles. The maximum absolute atomic E-state index is 11.9. The number of nitrogens with zero attached hydrogens (tertiary/aromatic N) is 1. The molecule has 0 saturated heterocycles. The number of hydrogen-bond donors (Lipinski definition) is 6. The molecule has 0 spiro atoms. The largest absolute Gasteiger partial charge is 0.511 e. The van der Waals surface area contributed by atoms with Crippen molar-refractivity contribution in [1.82, 2.24) is 0 Å². The fourth-order valence-electron chi connectivity index (χ4n) is 6.49. The van der Waals surface area contributed by atoms with E-state index in [0.717, 1.165) is 0 Å². The first-order valence-electron chi connectivity index (χ1n) is 14.8. The third-order valence-corrected chi connectivity index (χ3v) is 10.9. The number of nitrogens with one attached hydrogen (secondary N) is 1. The Kier molecular flexibility index (Phi) is 8.44. The molecule has 1 aliphatic carbocycles. The summed E-state index contributed by atoms with van der Waals surface area (Å²) in [7, 11) is -8.88. The number of rotatable bonds is 10. The molecule has 14 heteroatoms. The Morgan fingerprint density at radius 3 is 2.11 bits per heavy atom. The molecule has 46 heavy (non-hydrogen) atoms. The highest BCUT2D eigenvalue weighted by molar-refractivity contribution is 7.86. The van der Waals surface area contributed by atoms with Crippen molar-refractivity contribution in [3.05, 3.63) is 82.4 Å². The van der Waals surface area contributed by atoms with Crippen molar-refractivity contribution < 1.29 is 46.1 Å². The number of aliphatic hydroxyl groups excluding tert-OH is 2. The predicted molar refractivity (Wildman–Crippen MR) is 171 cm³/mol. The molecule has 0 aromatic heterocycles. The molecule has 2 unspecified atom stereocenters. The summed E-state index contributed by atoms with van der Waals surface area (Å²) in [5.74, 6) is -1.71. The van der Waals surface area contributed by atoms with E-state index in [1.807, 2.05) is 32.6 Å². The monoisotopic (exact) mass is 674 g/mol. The van der Waals surface area contributed by atoms with E-state index in [1.165, 1.54) is 24.3 Å². The van der Waals surface area contributed by atoms with Gasteiger partial charge in [-0.1, -0.05) is 40.2 Å². The number of hydrogen-bond acceptors (Lipinski definition) is 9. The lowest BCUT2D eigenvalue weighted by Crippen LogP contribution is -2.37. The lowest BCUT2D eigenvalue weighted by atomic mass is 9.75. The van der Waals surface area contributed by atoms with Gasteiger partial charge in [-0.3, -0.25) is 13.9 Å². The van der Waals surface area contributed by atoms with Crippen LogP contribution in [0.15, 0.2) is 81.1 Å². The molecule has 0 fully saturated rings. The molecule has 2 aromatic rings. The molecule has 2 aromatic carbocycles. The van der Waals surface area contributed by atoms with Crippen LogP contribution in [0.3, 0.4) is 0 Å². The van der Waals surface area contributed by atoms with Gasteiger partial charge in [0, 0.05) is 52.1 Å². The van der Waals surface area contributed by atoms with Gasteiger partial charge in [0.25, 0.3) is 20.2 Å². The van der Waals surface area contributed by atoms with E-state index in [2.05, 4.69) is 5.32 Å². The van der Waals surface area contributed by atoms with E-state index in [1.54, 1.807) is 24.3 Å². The minimum Gasteiger partial charge on any atom is -0.511 e. The number of carboxylic acid groups (broad SMARTS) is 1. The number of unbranched alkanes of at least 4 members (excludes halogenated alkanes) is 2. The fourth-order valence-corrected chi connectivity index (χ4v) is 7.51. The third-order valence-electron chi connectivity index (χ3n) is 9.25. The summed E-state index contributed by atoms with van der Waals surface area (Å²) in [4.78, 5) is 12.4. The number of aliphatic carboxylic acids is 1. The molecular weight excluding hydrogens is 636 g/mol. The van der Waals surface area contributed by atoms with Crippen molar-refractivity contribution >= 4 is 37.6 Å². The standard InChI is InChI=1S/C32H38N2O10S2/c1-31(2)22-14-18(45(39,40)41)9-11-24(22)33-26(31)16-20-29(37)21(30(20)38)17-27-32(3,4)23-15-19(46(42,43)44)10-12-25(23)34(27)13-7-5-6-8-28(35)36/h9-12,14-17,20,29,33,37-38H,5-8,13H2,1-4H3,(H,35,36)(H,39,40,41)(H,42,43,44). The minimum atomic E-state index is -4.47. The number of carbonyl (C=O) groups is 1. The normalized spacial score (nSPS) is 23.3. The van der Waals surface area contributed by atoms with Gasteiger partial charge in [-0.2, -0.15) is 16.8 Å². The summed E-state index contributed by atoms with van der Waals surface area (Å²) in [5, 5.41) is 34.7. The number of aliphatic hydroxyl groups is 2. The predicted octanol–water partition coefficient (Wildman–Crippen LogP) is 4.90. The molecule has 0 amide bonds. The lowest BCUT2D eigenvalue weighted by molar-refractivity contribution is -0.137. The SMILES string of the molecule is CC1(C)C(=CC2C(O)=C(C=C3N(CCCCCC(=O)O)c4ccc(S(=O)(=O)O)cc4C3(C)C)C2O)Nc2ccc(S(=O)(=O)O)cc21. The quantitative estimate of drug-likeness (QED) is 0.147. The Morgan fingerprint density at radius 2 is 1.52 bits per heavy atom. The first-order valence-corrected chi connectivity index (χ1v) is 17.7. The van der Waals surface area contributed by atoms with E-state index in [4.69, 9.17) is 5.11 Å². The number of benzene rings is 2. The van der Waals surface area contributed by atoms with Crippen LogP contribution in [0, 0.1) is 5.92 Å². The van der Waals surface area contributed by atoms with Crippen LogP contribution >= 0.6 is 0 Å². The van der Waals surface area contributed by atoms with Crippen molar-refractivity contribution in [3.63, 3.8) is 0 Å². The summed E-state index contributed by atoms with van der Waals surface area (Å²) in [6.07, 6.45) is 4.10. The van der Waals surface area contributed by atoms with Crippen molar-refractivity contribution in [3.8, 4) is 0 Å². The Labute approximate surface area is 268 Å². The first kappa shape index (κ1) is 33.7. The highest BCUT2D eigenvalue weighted by atomic mass is 32.2. The van der Waals surface area contributed by atoms with Gasteiger partial charge in [-0.05, 0) is 66.4 Å². The molecule has 5 rings (SSSR count). The van der Waals surface area contributed by atoms with Gasteiger partial charge in [-0.15, -0.1) is 0 Å². The fraction of sp³-hybridized carbons (Fsp3) is 0.406. The summed E-state index contributed by atoms with van der Waals surface area (Å²) in [6, 6.07) is 8.57. The number of fused-ring (bicyclic) bond motifs is 2. The third kappa shape index (κ3) is 5.95. The van der Waals surface area contributed by atoms with Crippen LogP contribution in [0.25, 0.3) is 0 Å². The van der Waals surface area contributed by atoms with Gasteiger partial charge < -0.3 is 25.5 Å². The molecule has 0 bridgehead atoms. The highest BCUT2D eigenvalue weighted by Gasteiger charge is 2.45. The zero-order valence-electron chi connectivity index (χ0n) is 25.9. The van der Waals surface area contributed by atoms with Crippen molar-refractivity contribution in [2.45, 2.75) is 80.1 Å². The molecule has 6 N–H and O–H groups in total. The number of allylic oxidation sites excluding steroid dienone is 2. The topological polar surface area (TPSA) is 202 Å². The Balaban J connectivity index is 1.48. The number of carboxylic acids is 1. The Hall–Kier alpha value is -3.69. The molecule has 12 nitrogen and oxygen atoms in total. The molecule has 2 aliphatic heterocycles. The van der Waals surface area contributed by atoms with Crippen LogP contribution in [-0.2, 0) is 35.9 Å². The van der Waals surface area contributed by atoms with Gasteiger partial charge in [-0.25, -0.2) is 0 Å². The van der Waals surface area contributed by atoms with E-state index in [0.29, 0.717) is 59.7 Å². The molecule has 3 aliphatic rings. The zero-order valence-corrected chi connectivity index (χ0v) is 27.5. The maximum Gasteiger partial charge on any atom is 0.303 e. The van der Waals surface area contributed by atoms with E-state index in [-0.39, 0.29) is 27.5 Å². The summed E-state index contributed by atoms with van der Waals surface area (Å²) >= 11 is 0. The Morgan fingerprint density at radius 1 is 0.913 bits per heavy atom. The number of anilines is 2. The molecule has 2 heterocycles. The molecule has 0 radical (unpaired) electrons. The van der Waals surface area contributed by atoms with Crippen LogP contribution in [-0.4, -0.2) is 59.9 Å². The second-order valence-corrected chi connectivity index (χ2v) is 15.8. The second-order valence-electron chi connectivity index (χ2n) is 13.0. The van der Waals surface area contributed by atoms with Crippen LogP contribution in [0.4, 0.5) is 11.4 Å². The second kappa shape index (κ2) is 11.5. The van der Waals surface area contributed by atoms with Gasteiger partial charge >= 0.3 is 5.97 Å². The molecular formula is C32H38N2O10S2. The summed E-state index contributed by atoms with van der Waals surface area (Å²) in [6.45, 7) is 7.93. The molecule has 248 valence electrons. The van der Waals surface area contributed by atoms with Crippen LogP contribution < -0.4 is 10.2 Å². The van der Waals surface area contributed by atoms with Crippen LogP contribution in [0.1, 0.15) is 64.5 Å². The van der Waals surface area contributed by atoms with E-state index in [9.17, 15) is 40.9 Å². The van der Waals surface area contributed by atoms with Crippen molar-refractivity contribution in [2.75, 3.05) is 16.8 Å². The van der Waals surface area contributed by atoms with Gasteiger partial charge in [0.2, 0.25) is 0 Å². The maximum atomic E-state index is 11.9. The van der Waals surface area contributed by atoms with E-state index >= 15 is 0 Å². The average Bonchev–Trinajstić information content (AvgIpc) is 3.33. The minimum absolute atomic E-state index is 0.0464. The van der Waals surface area contributed by atoms with E-state index < -0.39 is 49.1 Å². The van der Waals surface area contributed by atoms with Crippen LogP contribution in [0.5, 0.6) is 0 Å². The Bertz CT molecular complexity index is 1920. The highest BCUT2D eigenvalue weighted by Crippen LogP contribution is 2.51. The van der Waals surface area contributed by atoms with Crippen molar-refractivity contribution in [2.24, 2.45) is 5.92 Å². The van der Waals surface area contributed by atoms with Gasteiger partial charge in [0.15, 0.2) is 0 Å². The first-order chi connectivity index (χ1) is 21.2.